The Morgan fingerprint density at radius 2 is 1.89 bits per heavy atom. The third-order valence-corrected chi connectivity index (χ3v) is 2.37. The molecule has 0 saturated carbocycles. The Morgan fingerprint density at radius 1 is 1.26 bits per heavy atom. The van der Waals surface area contributed by atoms with Crippen molar-refractivity contribution >= 4 is 11.9 Å². The molecule has 0 spiro atoms. The van der Waals surface area contributed by atoms with Gasteiger partial charge in [0, 0.05) is 0 Å². The fourth-order valence-corrected chi connectivity index (χ4v) is 1.43. The van der Waals surface area contributed by atoms with Crippen molar-refractivity contribution in [1.82, 2.24) is 0 Å². The standard InChI is InChI=1S/C14H18O5/c1-3-8-18-14(17)10(2)19-12-6-4-11(5-7-12)9-13(15)16/h4-7,10H,3,8-9H2,1-2H3,(H,15,16). The highest BCUT2D eigenvalue weighted by Gasteiger charge is 2.15. The molecule has 0 aromatic heterocycles. The van der Waals surface area contributed by atoms with E-state index < -0.39 is 18.0 Å². The molecule has 0 fully saturated rings. The van der Waals surface area contributed by atoms with Gasteiger partial charge in [-0.1, -0.05) is 19.1 Å². The normalized spacial score (nSPS) is 11.7. The van der Waals surface area contributed by atoms with Gasteiger partial charge in [-0.2, -0.15) is 0 Å². The Bertz CT molecular complexity index is 424. The van der Waals surface area contributed by atoms with Gasteiger partial charge in [0.1, 0.15) is 5.75 Å². The molecule has 1 unspecified atom stereocenters. The number of hydrogen-bond acceptors (Lipinski definition) is 4. The molecule has 1 N–H and O–H groups in total. The number of ether oxygens (including phenoxy) is 2. The fourth-order valence-electron chi connectivity index (χ4n) is 1.43. The van der Waals surface area contributed by atoms with Gasteiger partial charge in [-0.3, -0.25) is 4.79 Å². The van der Waals surface area contributed by atoms with Gasteiger partial charge in [-0.05, 0) is 31.0 Å². The van der Waals surface area contributed by atoms with Crippen LogP contribution in [0.2, 0.25) is 0 Å². The SMILES string of the molecule is CCCOC(=O)C(C)Oc1ccc(CC(=O)O)cc1. The van der Waals surface area contributed by atoms with Crippen molar-refractivity contribution < 1.29 is 24.2 Å². The summed E-state index contributed by atoms with van der Waals surface area (Å²) >= 11 is 0. The molecule has 0 amide bonds. The molecule has 5 heteroatoms. The van der Waals surface area contributed by atoms with Crippen LogP contribution in [-0.4, -0.2) is 29.8 Å². The van der Waals surface area contributed by atoms with Gasteiger partial charge in [0.25, 0.3) is 0 Å². The van der Waals surface area contributed by atoms with Crippen LogP contribution in [0.25, 0.3) is 0 Å². The van der Waals surface area contributed by atoms with Crippen LogP contribution in [0.15, 0.2) is 24.3 Å². The molecule has 0 saturated heterocycles. The predicted molar refractivity (Wildman–Crippen MR) is 69.1 cm³/mol. The van der Waals surface area contributed by atoms with E-state index in [1.807, 2.05) is 6.92 Å². The predicted octanol–water partition coefficient (Wildman–Crippen LogP) is 2.03. The summed E-state index contributed by atoms with van der Waals surface area (Å²) < 4.78 is 10.4. The van der Waals surface area contributed by atoms with Crippen LogP contribution in [0.4, 0.5) is 0 Å². The summed E-state index contributed by atoms with van der Waals surface area (Å²) in [6.07, 6.45) is 0.0494. The van der Waals surface area contributed by atoms with Crippen molar-refractivity contribution in [3.63, 3.8) is 0 Å². The average molecular weight is 266 g/mol. The summed E-state index contributed by atoms with van der Waals surface area (Å²) in [6, 6.07) is 6.60. The monoisotopic (exact) mass is 266 g/mol. The highest BCUT2D eigenvalue weighted by atomic mass is 16.6. The molecule has 0 heterocycles. The maximum atomic E-state index is 11.5. The van der Waals surface area contributed by atoms with Crippen molar-refractivity contribution in [2.75, 3.05) is 6.61 Å². The van der Waals surface area contributed by atoms with Crippen LogP contribution >= 0.6 is 0 Å². The number of benzene rings is 1. The first-order valence-corrected chi connectivity index (χ1v) is 6.17. The first kappa shape index (κ1) is 15.0. The molecule has 0 bridgehead atoms. The molecule has 1 rings (SSSR count). The number of aliphatic carboxylic acids is 1. The van der Waals surface area contributed by atoms with E-state index in [9.17, 15) is 9.59 Å². The van der Waals surface area contributed by atoms with Gasteiger partial charge in [0.05, 0.1) is 13.0 Å². The third kappa shape index (κ3) is 5.42. The van der Waals surface area contributed by atoms with Crippen LogP contribution in [0.3, 0.4) is 0 Å². The molecule has 0 aliphatic carbocycles. The second-order valence-corrected chi connectivity index (χ2v) is 4.14. The lowest BCUT2D eigenvalue weighted by Crippen LogP contribution is -2.26. The van der Waals surface area contributed by atoms with Gasteiger partial charge < -0.3 is 14.6 Å². The molecular weight excluding hydrogens is 248 g/mol. The van der Waals surface area contributed by atoms with Crippen LogP contribution in [-0.2, 0) is 20.7 Å². The van der Waals surface area contributed by atoms with Crippen molar-refractivity contribution in [3.05, 3.63) is 29.8 Å². The van der Waals surface area contributed by atoms with E-state index in [1.54, 1.807) is 31.2 Å². The number of carbonyl (C=O) groups excluding carboxylic acids is 1. The first-order chi connectivity index (χ1) is 9.02. The number of carboxylic acid groups (broad SMARTS) is 1. The van der Waals surface area contributed by atoms with Gasteiger partial charge in [0.15, 0.2) is 6.10 Å². The van der Waals surface area contributed by atoms with Gasteiger partial charge in [-0.25, -0.2) is 4.79 Å². The molecule has 1 aromatic carbocycles. The lowest BCUT2D eigenvalue weighted by Gasteiger charge is -2.13. The van der Waals surface area contributed by atoms with Crippen LogP contribution < -0.4 is 4.74 Å². The maximum absolute atomic E-state index is 11.5. The highest BCUT2D eigenvalue weighted by molar-refractivity contribution is 5.74. The Labute approximate surface area is 112 Å². The van der Waals surface area contributed by atoms with Crippen LogP contribution in [0.5, 0.6) is 5.75 Å². The lowest BCUT2D eigenvalue weighted by molar-refractivity contribution is -0.151. The van der Waals surface area contributed by atoms with Crippen molar-refractivity contribution in [2.45, 2.75) is 32.8 Å². The van der Waals surface area contributed by atoms with E-state index >= 15 is 0 Å². The largest absolute Gasteiger partial charge is 0.481 e. The van der Waals surface area contributed by atoms with E-state index in [-0.39, 0.29) is 6.42 Å². The van der Waals surface area contributed by atoms with E-state index in [4.69, 9.17) is 14.6 Å². The second kappa shape index (κ2) is 7.41. The zero-order chi connectivity index (χ0) is 14.3. The summed E-state index contributed by atoms with van der Waals surface area (Å²) in [6.45, 7) is 3.91. The molecule has 104 valence electrons. The second-order valence-electron chi connectivity index (χ2n) is 4.14. The molecule has 19 heavy (non-hydrogen) atoms. The molecule has 0 radical (unpaired) electrons. The minimum absolute atomic E-state index is 0.0334. The Hall–Kier alpha value is -2.04. The van der Waals surface area contributed by atoms with E-state index in [0.29, 0.717) is 17.9 Å². The minimum Gasteiger partial charge on any atom is -0.481 e. The Kier molecular flexibility index (Phi) is 5.85. The smallest absolute Gasteiger partial charge is 0.347 e. The first-order valence-electron chi connectivity index (χ1n) is 6.17. The van der Waals surface area contributed by atoms with E-state index in [2.05, 4.69) is 0 Å². The van der Waals surface area contributed by atoms with E-state index in [1.165, 1.54) is 0 Å². The minimum atomic E-state index is -0.884. The van der Waals surface area contributed by atoms with Gasteiger partial charge in [0.2, 0.25) is 0 Å². The number of rotatable bonds is 7. The molecule has 1 aromatic rings. The summed E-state index contributed by atoms with van der Waals surface area (Å²) in [5.74, 6) is -0.781. The summed E-state index contributed by atoms with van der Waals surface area (Å²) in [4.78, 5) is 22.0. The zero-order valence-corrected chi connectivity index (χ0v) is 11.1. The van der Waals surface area contributed by atoms with Crippen molar-refractivity contribution in [3.8, 4) is 5.75 Å². The quantitative estimate of drug-likeness (QED) is 0.764. The molecule has 5 nitrogen and oxygen atoms in total. The summed E-state index contributed by atoms with van der Waals surface area (Å²) in [5, 5.41) is 8.64. The van der Waals surface area contributed by atoms with E-state index in [0.717, 1.165) is 6.42 Å². The maximum Gasteiger partial charge on any atom is 0.347 e. The number of hydrogen-bond donors (Lipinski definition) is 1. The number of esters is 1. The Balaban J connectivity index is 2.52. The fraction of sp³-hybridized carbons (Fsp3) is 0.429. The molecule has 0 aliphatic rings. The highest BCUT2D eigenvalue weighted by Crippen LogP contribution is 2.14. The number of carbonyl (C=O) groups is 2. The topological polar surface area (TPSA) is 72.8 Å². The average Bonchev–Trinajstić information content (AvgIpc) is 2.37. The zero-order valence-electron chi connectivity index (χ0n) is 11.1. The molecule has 0 aliphatic heterocycles. The number of carboxylic acids is 1. The van der Waals surface area contributed by atoms with Crippen LogP contribution in [0.1, 0.15) is 25.8 Å². The molecular formula is C14H18O5. The van der Waals surface area contributed by atoms with Crippen molar-refractivity contribution in [1.29, 1.82) is 0 Å². The summed E-state index contributed by atoms with van der Waals surface area (Å²) in [7, 11) is 0. The lowest BCUT2D eigenvalue weighted by atomic mass is 10.1. The molecule has 1 atom stereocenters. The summed E-state index contributed by atoms with van der Waals surface area (Å²) in [5.41, 5.74) is 0.682. The Morgan fingerprint density at radius 3 is 2.42 bits per heavy atom. The van der Waals surface area contributed by atoms with Gasteiger partial charge in [-0.15, -0.1) is 0 Å². The third-order valence-electron chi connectivity index (χ3n) is 2.37. The van der Waals surface area contributed by atoms with Crippen molar-refractivity contribution in [2.24, 2.45) is 0 Å². The van der Waals surface area contributed by atoms with Gasteiger partial charge >= 0.3 is 11.9 Å². The van der Waals surface area contributed by atoms with Crippen LogP contribution in [0, 0.1) is 0 Å².